The van der Waals surface area contributed by atoms with Crippen molar-refractivity contribution in [1.29, 1.82) is 5.26 Å². The summed E-state index contributed by atoms with van der Waals surface area (Å²) < 4.78 is 26.2. The predicted molar refractivity (Wildman–Crippen MR) is 66.6 cm³/mol. The van der Waals surface area contributed by atoms with E-state index in [0.29, 0.717) is 5.13 Å². The van der Waals surface area contributed by atoms with Gasteiger partial charge in [-0.1, -0.05) is 0 Å². The number of thiazole rings is 1. The molecule has 6 nitrogen and oxygen atoms in total. The highest BCUT2D eigenvalue weighted by atomic mass is 32.2. The molecule has 0 radical (unpaired) electrons. The Hall–Kier alpha value is -1.98. The first-order valence-corrected chi connectivity index (χ1v) is 7.12. The van der Waals surface area contributed by atoms with Gasteiger partial charge in [-0.25, -0.2) is 18.4 Å². The van der Waals surface area contributed by atoms with Crippen molar-refractivity contribution in [2.24, 2.45) is 0 Å². The van der Waals surface area contributed by atoms with Crippen LogP contribution < -0.4 is 4.72 Å². The number of nitrogens with one attached hydrogen (secondary N) is 1. The summed E-state index contributed by atoms with van der Waals surface area (Å²) in [6.07, 6.45) is 2.72. The quantitative estimate of drug-likeness (QED) is 0.919. The number of pyridine rings is 1. The fraction of sp³-hybridized carbons (Fsp3) is 0.100. The topological polar surface area (TPSA) is 95.7 Å². The second kappa shape index (κ2) is 4.72. The van der Waals surface area contributed by atoms with Crippen LogP contribution in [0.25, 0.3) is 0 Å². The molecule has 0 spiro atoms. The van der Waals surface area contributed by atoms with Gasteiger partial charge in [0.15, 0.2) is 5.13 Å². The maximum absolute atomic E-state index is 11.9. The van der Waals surface area contributed by atoms with E-state index in [1.807, 2.05) is 13.0 Å². The molecule has 0 bridgehead atoms. The summed E-state index contributed by atoms with van der Waals surface area (Å²) in [5, 5.41) is 8.89. The van der Waals surface area contributed by atoms with Crippen molar-refractivity contribution >= 4 is 26.5 Å². The molecule has 18 heavy (non-hydrogen) atoms. The SMILES string of the molecule is Cc1cnc(NS(=O)(=O)c2ccc(C#N)nc2)s1. The average Bonchev–Trinajstić information content (AvgIpc) is 2.74. The van der Waals surface area contributed by atoms with Gasteiger partial charge >= 0.3 is 0 Å². The molecule has 2 aromatic heterocycles. The summed E-state index contributed by atoms with van der Waals surface area (Å²) in [7, 11) is -3.70. The minimum absolute atomic E-state index is 0.00523. The van der Waals surface area contributed by atoms with Crippen LogP contribution in [0.4, 0.5) is 5.13 Å². The van der Waals surface area contributed by atoms with Gasteiger partial charge in [-0.05, 0) is 19.1 Å². The van der Waals surface area contributed by atoms with Crippen LogP contribution in [0.15, 0.2) is 29.4 Å². The van der Waals surface area contributed by atoms with Crippen LogP contribution in [0.1, 0.15) is 10.6 Å². The van der Waals surface area contributed by atoms with Crippen LogP contribution in [0.3, 0.4) is 0 Å². The molecule has 0 fully saturated rings. The van der Waals surface area contributed by atoms with E-state index in [4.69, 9.17) is 5.26 Å². The standard InChI is InChI=1S/C10H8N4O2S2/c1-7-5-13-10(17-7)14-18(15,16)9-3-2-8(4-11)12-6-9/h2-3,5-6H,1H3,(H,13,14). The second-order valence-corrected chi connectivity index (χ2v) is 6.29. The summed E-state index contributed by atoms with van der Waals surface area (Å²) in [4.78, 5) is 8.53. The van der Waals surface area contributed by atoms with E-state index in [1.54, 1.807) is 6.20 Å². The summed E-state index contributed by atoms with van der Waals surface area (Å²) in [5.74, 6) is 0. The zero-order valence-electron chi connectivity index (χ0n) is 9.28. The van der Waals surface area contributed by atoms with E-state index in [2.05, 4.69) is 14.7 Å². The number of anilines is 1. The third kappa shape index (κ3) is 2.64. The molecule has 2 heterocycles. The molecule has 0 aliphatic rings. The molecule has 2 aromatic rings. The van der Waals surface area contributed by atoms with Crippen LogP contribution in [0.2, 0.25) is 0 Å². The number of hydrogen-bond donors (Lipinski definition) is 1. The maximum atomic E-state index is 11.9. The van der Waals surface area contributed by atoms with Gasteiger partial charge in [-0.2, -0.15) is 5.26 Å². The van der Waals surface area contributed by atoms with Crippen molar-refractivity contribution in [3.8, 4) is 6.07 Å². The third-order valence-electron chi connectivity index (χ3n) is 2.00. The Morgan fingerprint density at radius 2 is 2.11 bits per heavy atom. The van der Waals surface area contributed by atoms with E-state index < -0.39 is 10.0 Å². The number of nitrogens with zero attached hydrogens (tertiary/aromatic N) is 3. The predicted octanol–water partition coefficient (Wildman–Crippen LogP) is 1.52. The first-order valence-electron chi connectivity index (χ1n) is 4.83. The molecule has 0 aliphatic carbocycles. The highest BCUT2D eigenvalue weighted by molar-refractivity contribution is 7.93. The van der Waals surface area contributed by atoms with Gasteiger partial charge in [0.2, 0.25) is 0 Å². The molecule has 0 aromatic carbocycles. The van der Waals surface area contributed by atoms with Gasteiger partial charge in [0.05, 0.1) is 0 Å². The molecular formula is C10H8N4O2S2. The van der Waals surface area contributed by atoms with Gasteiger partial charge < -0.3 is 0 Å². The summed E-state index contributed by atoms with van der Waals surface area (Å²) >= 11 is 1.24. The van der Waals surface area contributed by atoms with Crippen LogP contribution in [0.5, 0.6) is 0 Å². The second-order valence-electron chi connectivity index (χ2n) is 3.37. The van der Waals surface area contributed by atoms with Crippen LogP contribution in [-0.4, -0.2) is 18.4 Å². The average molecular weight is 280 g/mol. The fourth-order valence-corrected chi connectivity index (χ4v) is 3.03. The van der Waals surface area contributed by atoms with Gasteiger partial charge in [-0.3, -0.25) is 4.72 Å². The minimum atomic E-state index is -3.70. The number of hydrogen-bond acceptors (Lipinski definition) is 6. The van der Waals surface area contributed by atoms with Crippen LogP contribution in [-0.2, 0) is 10.0 Å². The van der Waals surface area contributed by atoms with Gasteiger partial charge in [-0.15, -0.1) is 11.3 Å². The Morgan fingerprint density at radius 1 is 1.33 bits per heavy atom. The zero-order chi connectivity index (χ0) is 13.2. The molecular weight excluding hydrogens is 272 g/mol. The number of sulfonamides is 1. The van der Waals surface area contributed by atoms with E-state index in [0.717, 1.165) is 11.1 Å². The first kappa shape index (κ1) is 12.5. The lowest BCUT2D eigenvalue weighted by atomic mass is 10.4. The Bertz CT molecular complexity index is 698. The smallest absolute Gasteiger partial charge is 0.255 e. The molecule has 1 N–H and O–H groups in total. The van der Waals surface area contributed by atoms with Crippen molar-refractivity contribution in [3.05, 3.63) is 35.1 Å². The Balaban J connectivity index is 2.28. The van der Waals surface area contributed by atoms with Crippen molar-refractivity contribution < 1.29 is 8.42 Å². The maximum Gasteiger partial charge on any atom is 0.265 e. The van der Waals surface area contributed by atoms with Crippen molar-refractivity contribution in [1.82, 2.24) is 9.97 Å². The molecule has 8 heteroatoms. The molecule has 0 saturated carbocycles. The molecule has 0 aliphatic heterocycles. The van der Waals surface area contributed by atoms with Crippen molar-refractivity contribution in [2.75, 3.05) is 4.72 Å². The van der Waals surface area contributed by atoms with E-state index >= 15 is 0 Å². The van der Waals surface area contributed by atoms with Crippen molar-refractivity contribution in [2.45, 2.75) is 11.8 Å². The van der Waals surface area contributed by atoms with Gasteiger partial charge in [0.25, 0.3) is 10.0 Å². The Kier molecular flexibility index (Phi) is 3.27. The highest BCUT2D eigenvalue weighted by Crippen LogP contribution is 2.20. The van der Waals surface area contributed by atoms with Crippen molar-refractivity contribution in [3.63, 3.8) is 0 Å². The number of nitriles is 1. The lowest BCUT2D eigenvalue weighted by molar-refractivity contribution is 0.600. The minimum Gasteiger partial charge on any atom is -0.255 e. The largest absolute Gasteiger partial charge is 0.265 e. The number of aryl methyl sites for hydroxylation is 1. The highest BCUT2D eigenvalue weighted by Gasteiger charge is 2.16. The van der Waals surface area contributed by atoms with Crippen LogP contribution >= 0.6 is 11.3 Å². The molecule has 2 rings (SSSR count). The fourth-order valence-electron chi connectivity index (χ4n) is 1.18. The van der Waals surface area contributed by atoms with Gasteiger partial charge in [0.1, 0.15) is 16.7 Å². The Morgan fingerprint density at radius 3 is 2.61 bits per heavy atom. The summed E-state index contributed by atoms with van der Waals surface area (Å²) in [6.45, 7) is 1.83. The van der Waals surface area contributed by atoms with Gasteiger partial charge in [0, 0.05) is 17.3 Å². The Labute approximate surface area is 108 Å². The van der Waals surface area contributed by atoms with Crippen LogP contribution in [0, 0.1) is 18.3 Å². The molecule has 0 saturated heterocycles. The number of aromatic nitrogens is 2. The summed E-state index contributed by atoms with van der Waals surface area (Å²) in [6, 6.07) is 4.50. The number of rotatable bonds is 3. The van der Waals surface area contributed by atoms with E-state index in [-0.39, 0.29) is 10.6 Å². The third-order valence-corrected chi connectivity index (χ3v) is 4.29. The lowest BCUT2D eigenvalue weighted by Crippen LogP contribution is -2.13. The molecule has 0 unspecified atom stereocenters. The molecule has 0 amide bonds. The lowest BCUT2D eigenvalue weighted by Gasteiger charge is -2.04. The van der Waals surface area contributed by atoms with E-state index in [1.165, 1.54) is 23.5 Å². The monoisotopic (exact) mass is 280 g/mol. The molecule has 92 valence electrons. The first-order chi connectivity index (χ1) is 8.51. The molecule has 0 atom stereocenters. The summed E-state index contributed by atoms with van der Waals surface area (Å²) in [5.41, 5.74) is 0.166. The zero-order valence-corrected chi connectivity index (χ0v) is 10.9. The van der Waals surface area contributed by atoms with E-state index in [9.17, 15) is 8.42 Å². The normalized spacial score (nSPS) is 10.9.